The van der Waals surface area contributed by atoms with Crippen LogP contribution in [0, 0.1) is 6.92 Å². The molecule has 2 nitrogen and oxygen atoms in total. The SMILES string of the molecule is CC(/C=C/c1ccc(Cl)cc1C)=C\C(=O)O. The number of benzene rings is 1. The fourth-order valence-corrected chi connectivity index (χ4v) is 1.52. The van der Waals surface area contributed by atoms with Crippen molar-refractivity contribution in [3.05, 3.63) is 52.1 Å². The highest BCUT2D eigenvalue weighted by Crippen LogP contribution is 2.16. The van der Waals surface area contributed by atoms with Crippen LogP contribution in [0.25, 0.3) is 6.08 Å². The lowest BCUT2D eigenvalue weighted by Gasteiger charge is -2.00. The van der Waals surface area contributed by atoms with E-state index < -0.39 is 5.97 Å². The Morgan fingerprint density at radius 3 is 2.69 bits per heavy atom. The molecule has 0 aromatic heterocycles. The third kappa shape index (κ3) is 3.91. The fourth-order valence-electron chi connectivity index (χ4n) is 1.29. The van der Waals surface area contributed by atoms with Crippen LogP contribution in [0.4, 0.5) is 0 Å². The minimum absolute atomic E-state index is 0.696. The van der Waals surface area contributed by atoms with Gasteiger partial charge in [0.1, 0.15) is 0 Å². The van der Waals surface area contributed by atoms with Crippen LogP contribution in [0.15, 0.2) is 35.9 Å². The predicted octanol–water partition coefficient (Wildman–Crippen LogP) is 3.69. The molecule has 0 aliphatic rings. The van der Waals surface area contributed by atoms with E-state index in [2.05, 4.69) is 0 Å². The highest BCUT2D eigenvalue weighted by atomic mass is 35.5. The van der Waals surface area contributed by atoms with E-state index in [1.54, 1.807) is 13.0 Å². The Labute approximate surface area is 99.9 Å². The summed E-state index contributed by atoms with van der Waals surface area (Å²) < 4.78 is 0. The minimum atomic E-state index is -0.935. The van der Waals surface area contributed by atoms with Gasteiger partial charge in [0.15, 0.2) is 0 Å². The van der Waals surface area contributed by atoms with E-state index in [1.165, 1.54) is 6.08 Å². The number of hydrogen-bond donors (Lipinski definition) is 1. The molecule has 16 heavy (non-hydrogen) atoms. The average molecular weight is 237 g/mol. The molecule has 0 fully saturated rings. The first-order valence-corrected chi connectivity index (χ1v) is 5.22. The van der Waals surface area contributed by atoms with Crippen LogP contribution >= 0.6 is 11.6 Å². The van der Waals surface area contributed by atoms with Crippen LogP contribution in [0.3, 0.4) is 0 Å². The molecule has 0 spiro atoms. The van der Waals surface area contributed by atoms with Crippen LogP contribution in [-0.4, -0.2) is 11.1 Å². The summed E-state index contributed by atoms with van der Waals surface area (Å²) >= 11 is 5.84. The molecular weight excluding hydrogens is 224 g/mol. The summed E-state index contributed by atoms with van der Waals surface area (Å²) in [6.45, 7) is 3.71. The average Bonchev–Trinajstić information content (AvgIpc) is 2.15. The van der Waals surface area contributed by atoms with Crippen molar-refractivity contribution in [3.8, 4) is 0 Å². The molecule has 3 heteroatoms. The summed E-state index contributed by atoms with van der Waals surface area (Å²) in [7, 11) is 0. The van der Waals surface area contributed by atoms with E-state index in [0.29, 0.717) is 10.6 Å². The number of aliphatic carboxylic acids is 1. The summed E-state index contributed by atoms with van der Waals surface area (Å²) in [4.78, 5) is 10.4. The summed E-state index contributed by atoms with van der Waals surface area (Å²) in [5.74, 6) is -0.935. The van der Waals surface area contributed by atoms with Gasteiger partial charge in [-0.25, -0.2) is 4.79 Å². The zero-order chi connectivity index (χ0) is 12.1. The van der Waals surface area contributed by atoms with E-state index in [1.807, 2.05) is 31.2 Å². The molecule has 0 atom stereocenters. The zero-order valence-corrected chi connectivity index (χ0v) is 9.95. The van der Waals surface area contributed by atoms with Gasteiger partial charge >= 0.3 is 5.97 Å². The van der Waals surface area contributed by atoms with Gasteiger partial charge in [-0.15, -0.1) is 0 Å². The number of carbonyl (C=O) groups is 1. The van der Waals surface area contributed by atoms with Gasteiger partial charge < -0.3 is 5.11 Å². The molecule has 0 radical (unpaired) electrons. The lowest BCUT2D eigenvalue weighted by atomic mass is 10.1. The Morgan fingerprint density at radius 1 is 1.44 bits per heavy atom. The van der Waals surface area contributed by atoms with Gasteiger partial charge in [0, 0.05) is 11.1 Å². The van der Waals surface area contributed by atoms with Gasteiger partial charge in [-0.1, -0.05) is 29.8 Å². The number of carboxylic acids is 1. The third-order valence-corrected chi connectivity index (χ3v) is 2.34. The number of aryl methyl sites for hydroxylation is 1. The van der Waals surface area contributed by atoms with Crippen molar-refractivity contribution in [1.29, 1.82) is 0 Å². The Bertz CT molecular complexity index is 459. The van der Waals surface area contributed by atoms with E-state index in [4.69, 9.17) is 16.7 Å². The molecule has 1 aromatic carbocycles. The molecule has 0 amide bonds. The maximum absolute atomic E-state index is 10.4. The van der Waals surface area contributed by atoms with Crippen LogP contribution in [0.1, 0.15) is 18.1 Å². The molecule has 0 unspecified atom stereocenters. The topological polar surface area (TPSA) is 37.3 Å². The van der Waals surface area contributed by atoms with Crippen molar-refractivity contribution in [2.45, 2.75) is 13.8 Å². The first-order valence-electron chi connectivity index (χ1n) is 4.84. The fraction of sp³-hybridized carbons (Fsp3) is 0.154. The van der Waals surface area contributed by atoms with Crippen molar-refractivity contribution in [3.63, 3.8) is 0 Å². The van der Waals surface area contributed by atoms with E-state index in [0.717, 1.165) is 11.1 Å². The van der Waals surface area contributed by atoms with Crippen LogP contribution in [0.2, 0.25) is 5.02 Å². The van der Waals surface area contributed by atoms with Gasteiger partial charge in [-0.05, 0) is 42.7 Å². The zero-order valence-electron chi connectivity index (χ0n) is 9.20. The van der Waals surface area contributed by atoms with Crippen molar-refractivity contribution < 1.29 is 9.90 Å². The predicted molar refractivity (Wildman–Crippen MR) is 66.6 cm³/mol. The standard InChI is InChI=1S/C13H13ClO2/c1-9(7-13(15)16)3-4-11-5-6-12(14)8-10(11)2/h3-8H,1-2H3,(H,15,16)/b4-3+,9-7+. The second-order valence-corrected chi connectivity index (χ2v) is 4.00. The van der Waals surface area contributed by atoms with Crippen LogP contribution in [-0.2, 0) is 4.79 Å². The van der Waals surface area contributed by atoms with Crippen molar-refractivity contribution in [2.75, 3.05) is 0 Å². The lowest BCUT2D eigenvalue weighted by Crippen LogP contribution is -1.88. The van der Waals surface area contributed by atoms with Crippen molar-refractivity contribution >= 4 is 23.6 Å². The minimum Gasteiger partial charge on any atom is -0.478 e. The third-order valence-electron chi connectivity index (χ3n) is 2.11. The van der Waals surface area contributed by atoms with Crippen molar-refractivity contribution in [1.82, 2.24) is 0 Å². The first kappa shape index (κ1) is 12.5. The quantitative estimate of drug-likeness (QED) is 0.642. The molecular formula is C13H13ClO2. The highest BCUT2D eigenvalue weighted by Gasteiger charge is 1.95. The molecule has 0 heterocycles. The second-order valence-electron chi connectivity index (χ2n) is 3.56. The monoisotopic (exact) mass is 236 g/mol. The number of carboxylic acid groups (broad SMARTS) is 1. The Hall–Kier alpha value is -1.54. The van der Waals surface area contributed by atoms with Gasteiger partial charge in [-0.2, -0.15) is 0 Å². The van der Waals surface area contributed by atoms with E-state index in [-0.39, 0.29) is 0 Å². The smallest absolute Gasteiger partial charge is 0.328 e. The molecule has 0 aliphatic heterocycles. The Kier molecular flexibility index (Phi) is 4.32. The number of rotatable bonds is 3. The highest BCUT2D eigenvalue weighted by molar-refractivity contribution is 6.30. The molecule has 0 bridgehead atoms. The van der Waals surface area contributed by atoms with Crippen molar-refractivity contribution in [2.24, 2.45) is 0 Å². The number of halogens is 1. The normalized spacial score (nSPS) is 12.1. The lowest BCUT2D eigenvalue weighted by molar-refractivity contribution is -0.131. The summed E-state index contributed by atoms with van der Waals surface area (Å²) in [6, 6.07) is 5.59. The number of hydrogen-bond acceptors (Lipinski definition) is 1. The summed E-state index contributed by atoms with van der Waals surface area (Å²) in [5.41, 5.74) is 2.79. The summed E-state index contributed by atoms with van der Waals surface area (Å²) in [5, 5.41) is 9.25. The van der Waals surface area contributed by atoms with Gasteiger partial charge in [0.25, 0.3) is 0 Å². The maximum atomic E-state index is 10.4. The molecule has 84 valence electrons. The molecule has 1 rings (SSSR count). The summed E-state index contributed by atoms with van der Waals surface area (Å²) in [6.07, 6.45) is 4.81. The molecule has 1 aromatic rings. The Morgan fingerprint density at radius 2 is 2.12 bits per heavy atom. The second kappa shape index (κ2) is 5.52. The van der Waals surface area contributed by atoms with Crippen LogP contribution in [0.5, 0.6) is 0 Å². The van der Waals surface area contributed by atoms with E-state index >= 15 is 0 Å². The molecule has 1 N–H and O–H groups in total. The molecule has 0 saturated heterocycles. The number of allylic oxidation sites excluding steroid dienone is 2. The molecule has 0 saturated carbocycles. The van der Waals surface area contributed by atoms with E-state index in [9.17, 15) is 4.79 Å². The van der Waals surface area contributed by atoms with Crippen LogP contribution < -0.4 is 0 Å². The van der Waals surface area contributed by atoms with Gasteiger partial charge in [-0.3, -0.25) is 0 Å². The maximum Gasteiger partial charge on any atom is 0.328 e. The van der Waals surface area contributed by atoms with Gasteiger partial charge in [0.2, 0.25) is 0 Å². The largest absolute Gasteiger partial charge is 0.478 e. The Balaban J connectivity index is 2.88. The first-order chi connectivity index (χ1) is 7.49. The van der Waals surface area contributed by atoms with Gasteiger partial charge in [0.05, 0.1) is 0 Å². The molecule has 0 aliphatic carbocycles.